The van der Waals surface area contributed by atoms with E-state index in [1.807, 2.05) is 12.2 Å². The van der Waals surface area contributed by atoms with Crippen molar-refractivity contribution in [2.75, 3.05) is 6.54 Å². The SMILES string of the molecule is CCCCCCC(NCC(F)(F)F)C(=O)O. The molecule has 0 aromatic carbocycles. The van der Waals surface area contributed by atoms with Gasteiger partial charge in [-0.05, 0) is 6.42 Å². The van der Waals surface area contributed by atoms with Crippen LogP contribution in [0, 0.1) is 0 Å². The molecule has 0 amide bonds. The van der Waals surface area contributed by atoms with Crippen molar-refractivity contribution in [3.8, 4) is 0 Å². The lowest BCUT2D eigenvalue weighted by Crippen LogP contribution is -2.41. The zero-order chi connectivity index (χ0) is 12.6. The summed E-state index contributed by atoms with van der Waals surface area (Å²) in [6.07, 6.45) is -0.647. The minimum atomic E-state index is -4.36. The standard InChI is InChI=1S/C10H18F3NO2/c1-2-3-4-5-6-8(9(15)16)14-7-10(11,12)13/h8,14H,2-7H2,1H3,(H,15,16). The van der Waals surface area contributed by atoms with Crippen LogP contribution >= 0.6 is 0 Å². The van der Waals surface area contributed by atoms with Crippen molar-refractivity contribution in [2.24, 2.45) is 0 Å². The van der Waals surface area contributed by atoms with E-state index in [9.17, 15) is 18.0 Å². The molecule has 0 radical (unpaired) electrons. The van der Waals surface area contributed by atoms with Gasteiger partial charge in [0.1, 0.15) is 6.04 Å². The Labute approximate surface area is 93.0 Å². The fourth-order valence-corrected chi connectivity index (χ4v) is 1.33. The summed E-state index contributed by atoms with van der Waals surface area (Å²) in [5, 5.41) is 10.7. The summed E-state index contributed by atoms with van der Waals surface area (Å²) in [5.41, 5.74) is 0. The van der Waals surface area contributed by atoms with Crippen LogP contribution < -0.4 is 5.32 Å². The van der Waals surface area contributed by atoms with Gasteiger partial charge in [0, 0.05) is 0 Å². The lowest BCUT2D eigenvalue weighted by molar-refractivity contribution is -0.143. The normalized spacial score (nSPS) is 13.8. The molecule has 1 atom stereocenters. The van der Waals surface area contributed by atoms with Crippen LogP contribution in [0.2, 0.25) is 0 Å². The number of hydrogen-bond acceptors (Lipinski definition) is 2. The predicted molar refractivity (Wildman–Crippen MR) is 54.2 cm³/mol. The Balaban J connectivity index is 3.85. The Bertz CT molecular complexity index is 207. The Morgan fingerprint density at radius 1 is 1.31 bits per heavy atom. The molecule has 3 nitrogen and oxygen atoms in total. The molecule has 0 rings (SSSR count). The van der Waals surface area contributed by atoms with E-state index in [0.29, 0.717) is 6.42 Å². The van der Waals surface area contributed by atoms with Crippen molar-refractivity contribution < 1.29 is 23.1 Å². The number of carbonyl (C=O) groups is 1. The molecule has 0 fully saturated rings. The van der Waals surface area contributed by atoms with Gasteiger partial charge in [-0.1, -0.05) is 32.6 Å². The lowest BCUT2D eigenvalue weighted by atomic mass is 10.1. The van der Waals surface area contributed by atoms with Gasteiger partial charge in [0.2, 0.25) is 0 Å². The second-order valence-corrected chi connectivity index (χ2v) is 3.74. The highest BCUT2D eigenvalue weighted by Gasteiger charge is 2.29. The minimum Gasteiger partial charge on any atom is -0.480 e. The zero-order valence-electron chi connectivity index (χ0n) is 9.31. The third kappa shape index (κ3) is 8.52. The highest BCUT2D eigenvalue weighted by molar-refractivity contribution is 5.73. The number of carboxylic acid groups (broad SMARTS) is 1. The molecular weight excluding hydrogens is 223 g/mol. The third-order valence-electron chi connectivity index (χ3n) is 2.19. The number of unbranched alkanes of at least 4 members (excludes halogenated alkanes) is 3. The highest BCUT2D eigenvalue weighted by Crippen LogP contribution is 2.13. The maximum absolute atomic E-state index is 11.9. The summed E-state index contributed by atoms with van der Waals surface area (Å²) in [6, 6.07) is -1.10. The summed E-state index contributed by atoms with van der Waals surface area (Å²) in [6.45, 7) is 0.758. The molecule has 0 spiro atoms. The number of alkyl halides is 3. The first-order chi connectivity index (χ1) is 7.37. The largest absolute Gasteiger partial charge is 0.480 e. The topological polar surface area (TPSA) is 49.3 Å². The second kappa shape index (κ2) is 7.49. The van der Waals surface area contributed by atoms with Crippen molar-refractivity contribution in [2.45, 2.75) is 51.2 Å². The Hall–Kier alpha value is -0.780. The number of rotatable bonds is 8. The van der Waals surface area contributed by atoms with E-state index in [1.165, 1.54) is 0 Å². The molecule has 0 aliphatic carbocycles. The van der Waals surface area contributed by atoms with E-state index in [1.54, 1.807) is 0 Å². The van der Waals surface area contributed by atoms with Crippen LogP contribution in [0.5, 0.6) is 0 Å². The van der Waals surface area contributed by atoms with Gasteiger partial charge in [0.15, 0.2) is 0 Å². The van der Waals surface area contributed by atoms with Crippen molar-refractivity contribution in [1.29, 1.82) is 0 Å². The Morgan fingerprint density at radius 3 is 2.38 bits per heavy atom. The van der Waals surface area contributed by atoms with E-state index >= 15 is 0 Å². The molecule has 0 bridgehead atoms. The van der Waals surface area contributed by atoms with Crippen molar-refractivity contribution >= 4 is 5.97 Å². The van der Waals surface area contributed by atoms with Crippen LogP contribution in [0.3, 0.4) is 0 Å². The Kier molecular flexibility index (Phi) is 7.12. The third-order valence-corrected chi connectivity index (χ3v) is 2.19. The van der Waals surface area contributed by atoms with Gasteiger partial charge in [-0.3, -0.25) is 10.1 Å². The molecule has 16 heavy (non-hydrogen) atoms. The van der Waals surface area contributed by atoms with Gasteiger partial charge in [0.25, 0.3) is 0 Å². The van der Waals surface area contributed by atoms with Gasteiger partial charge < -0.3 is 5.11 Å². The van der Waals surface area contributed by atoms with Crippen molar-refractivity contribution in [1.82, 2.24) is 5.32 Å². The number of carboxylic acids is 1. The summed E-state index contributed by atoms with van der Waals surface area (Å²) < 4.78 is 35.6. The summed E-state index contributed by atoms with van der Waals surface area (Å²) in [7, 11) is 0. The fourth-order valence-electron chi connectivity index (χ4n) is 1.33. The monoisotopic (exact) mass is 241 g/mol. The first kappa shape index (κ1) is 15.2. The quantitative estimate of drug-likeness (QED) is 0.642. The molecule has 0 aliphatic rings. The van der Waals surface area contributed by atoms with E-state index in [-0.39, 0.29) is 6.42 Å². The van der Waals surface area contributed by atoms with Crippen LogP contribution in [0.4, 0.5) is 13.2 Å². The first-order valence-electron chi connectivity index (χ1n) is 5.39. The van der Waals surface area contributed by atoms with Gasteiger partial charge >= 0.3 is 12.1 Å². The van der Waals surface area contributed by atoms with Gasteiger partial charge in [-0.2, -0.15) is 13.2 Å². The average Bonchev–Trinajstić information content (AvgIpc) is 2.14. The molecule has 0 aromatic rings. The average molecular weight is 241 g/mol. The number of halogens is 3. The van der Waals surface area contributed by atoms with Crippen LogP contribution in [-0.4, -0.2) is 29.8 Å². The molecule has 0 aromatic heterocycles. The summed E-state index contributed by atoms with van der Waals surface area (Å²) in [4.78, 5) is 10.7. The maximum Gasteiger partial charge on any atom is 0.401 e. The summed E-state index contributed by atoms with van der Waals surface area (Å²) in [5.74, 6) is -1.22. The molecule has 0 saturated carbocycles. The minimum absolute atomic E-state index is 0.241. The fraction of sp³-hybridized carbons (Fsp3) is 0.900. The highest BCUT2D eigenvalue weighted by atomic mass is 19.4. The molecule has 0 aliphatic heterocycles. The number of nitrogens with one attached hydrogen (secondary N) is 1. The first-order valence-corrected chi connectivity index (χ1v) is 5.39. The van der Waals surface area contributed by atoms with Gasteiger partial charge in [-0.15, -0.1) is 0 Å². The molecule has 2 N–H and O–H groups in total. The van der Waals surface area contributed by atoms with Crippen LogP contribution in [0.25, 0.3) is 0 Å². The second-order valence-electron chi connectivity index (χ2n) is 3.74. The molecular formula is C10H18F3NO2. The Morgan fingerprint density at radius 2 is 1.94 bits per heavy atom. The van der Waals surface area contributed by atoms with Crippen LogP contribution in [-0.2, 0) is 4.79 Å². The lowest BCUT2D eigenvalue weighted by Gasteiger charge is -2.15. The van der Waals surface area contributed by atoms with E-state index in [2.05, 4.69) is 0 Å². The smallest absolute Gasteiger partial charge is 0.401 e. The van der Waals surface area contributed by atoms with Gasteiger partial charge in [-0.25, -0.2) is 0 Å². The van der Waals surface area contributed by atoms with Crippen molar-refractivity contribution in [3.63, 3.8) is 0 Å². The molecule has 6 heteroatoms. The van der Waals surface area contributed by atoms with Crippen LogP contribution in [0.15, 0.2) is 0 Å². The van der Waals surface area contributed by atoms with Gasteiger partial charge in [0.05, 0.1) is 6.54 Å². The number of aliphatic carboxylic acids is 1. The predicted octanol–water partition coefficient (Wildman–Crippen LogP) is 2.56. The van der Waals surface area contributed by atoms with E-state index in [0.717, 1.165) is 19.3 Å². The summed E-state index contributed by atoms with van der Waals surface area (Å²) >= 11 is 0. The van der Waals surface area contributed by atoms with Crippen molar-refractivity contribution in [3.05, 3.63) is 0 Å². The van der Waals surface area contributed by atoms with E-state index < -0.39 is 24.7 Å². The van der Waals surface area contributed by atoms with Crippen LogP contribution in [0.1, 0.15) is 39.0 Å². The number of hydrogen-bond donors (Lipinski definition) is 2. The molecule has 0 saturated heterocycles. The molecule has 96 valence electrons. The molecule has 0 heterocycles. The molecule has 1 unspecified atom stereocenters. The zero-order valence-corrected chi connectivity index (χ0v) is 9.31. The van der Waals surface area contributed by atoms with E-state index in [4.69, 9.17) is 5.11 Å². The maximum atomic E-state index is 11.9.